The fourth-order valence-electron chi connectivity index (χ4n) is 3.69. The monoisotopic (exact) mass is 386 g/mol. The molecule has 0 unspecified atom stereocenters. The van der Waals surface area contributed by atoms with Crippen LogP contribution in [0.1, 0.15) is 44.9 Å². The third-order valence-corrected chi connectivity index (χ3v) is 5.44. The molecule has 0 atom stereocenters. The molecule has 3 rings (SSSR count). The lowest BCUT2D eigenvalue weighted by Crippen LogP contribution is -2.43. The van der Waals surface area contributed by atoms with Gasteiger partial charge in [0, 0.05) is 45.6 Å². The van der Waals surface area contributed by atoms with Gasteiger partial charge in [0.05, 0.1) is 24.2 Å². The molecular formula is C22H34N4O2. The number of aryl methyl sites for hydroxylation is 1. The highest BCUT2D eigenvalue weighted by molar-refractivity contribution is 5.77. The topological polar surface area (TPSA) is 61.5 Å². The molecule has 6 heteroatoms. The van der Waals surface area contributed by atoms with Gasteiger partial charge in [0.25, 0.3) is 0 Å². The fraction of sp³-hybridized carbons (Fsp3) is 0.636. The van der Waals surface area contributed by atoms with E-state index in [0.717, 1.165) is 69.2 Å². The SMILES string of the molecule is CCCCCCN(CCN1CCOCC1)C(=O)CCc1nc2ccccc2[nH]1. The van der Waals surface area contributed by atoms with Crippen molar-refractivity contribution < 1.29 is 9.53 Å². The van der Waals surface area contributed by atoms with Crippen LogP contribution in [0.3, 0.4) is 0 Å². The Labute approximate surface area is 168 Å². The Morgan fingerprint density at radius 1 is 1.18 bits per heavy atom. The number of hydrogen-bond donors (Lipinski definition) is 1. The number of carbonyl (C=O) groups is 1. The maximum atomic E-state index is 12.9. The Kier molecular flexibility index (Phi) is 8.30. The Morgan fingerprint density at radius 2 is 2.00 bits per heavy atom. The third-order valence-electron chi connectivity index (χ3n) is 5.44. The Morgan fingerprint density at radius 3 is 2.79 bits per heavy atom. The molecular weight excluding hydrogens is 352 g/mol. The first-order valence-corrected chi connectivity index (χ1v) is 10.8. The van der Waals surface area contributed by atoms with Crippen LogP contribution in [-0.4, -0.2) is 71.6 Å². The summed E-state index contributed by atoms with van der Waals surface area (Å²) in [6.45, 7) is 8.37. The molecule has 2 aromatic rings. The zero-order chi connectivity index (χ0) is 19.6. The fourth-order valence-corrected chi connectivity index (χ4v) is 3.69. The van der Waals surface area contributed by atoms with E-state index in [2.05, 4.69) is 26.7 Å². The summed E-state index contributed by atoms with van der Waals surface area (Å²) in [5.74, 6) is 1.14. The van der Waals surface area contributed by atoms with E-state index < -0.39 is 0 Å². The van der Waals surface area contributed by atoms with E-state index in [0.29, 0.717) is 12.8 Å². The summed E-state index contributed by atoms with van der Waals surface area (Å²) >= 11 is 0. The molecule has 6 nitrogen and oxygen atoms in total. The molecule has 1 N–H and O–H groups in total. The van der Waals surface area contributed by atoms with Crippen LogP contribution in [0.2, 0.25) is 0 Å². The molecule has 28 heavy (non-hydrogen) atoms. The van der Waals surface area contributed by atoms with E-state index in [1.165, 1.54) is 19.3 Å². The van der Waals surface area contributed by atoms with Gasteiger partial charge in [-0.05, 0) is 18.6 Å². The van der Waals surface area contributed by atoms with Gasteiger partial charge in [0.2, 0.25) is 5.91 Å². The summed E-state index contributed by atoms with van der Waals surface area (Å²) < 4.78 is 5.43. The number of aromatic amines is 1. The molecule has 0 aliphatic carbocycles. The summed E-state index contributed by atoms with van der Waals surface area (Å²) in [5.41, 5.74) is 2.00. The number of nitrogens with zero attached hydrogens (tertiary/aromatic N) is 3. The molecule has 0 saturated carbocycles. The first kappa shape index (κ1) is 20.8. The molecule has 0 bridgehead atoms. The summed E-state index contributed by atoms with van der Waals surface area (Å²) in [6.07, 6.45) is 5.92. The average Bonchev–Trinajstić information content (AvgIpc) is 3.15. The first-order chi connectivity index (χ1) is 13.8. The molecule has 0 radical (unpaired) electrons. The summed E-state index contributed by atoms with van der Waals surface area (Å²) in [7, 11) is 0. The van der Waals surface area contributed by atoms with Crippen molar-refractivity contribution in [3.8, 4) is 0 Å². The predicted octanol–water partition coefficient (Wildman–Crippen LogP) is 3.24. The molecule has 1 saturated heterocycles. The van der Waals surface area contributed by atoms with E-state index in [1.807, 2.05) is 24.3 Å². The predicted molar refractivity (Wildman–Crippen MR) is 112 cm³/mol. The average molecular weight is 387 g/mol. The molecule has 1 aliphatic heterocycles. The molecule has 2 heterocycles. The summed E-state index contributed by atoms with van der Waals surface area (Å²) in [5, 5.41) is 0. The smallest absolute Gasteiger partial charge is 0.223 e. The van der Waals surface area contributed by atoms with Crippen molar-refractivity contribution in [1.82, 2.24) is 19.8 Å². The lowest BCUT2D eigenvalue weighted by molar-refractivity contribution is -0.131. The number of amides is 1. The lowest BCUT2D eigenvalue weighted by atomic mass is 10.2. The first-order valence-electron chi connectivity index (χ1n) is 10.8. The van der Waals surface area contributed by atoms with E-state index in [9.17, 15) is 4.79 Å². The zero-order valence-corrected chi connectivity index (χ0v) is 17.2. The normalized spacial score (nSPS) is 15.2. The van der Waals surface area contributed by atoms with E-state index in [-0.39, 0.29) is 5.91 Å². The standard InChI is InChI=1S/C22H34N4O2/c1-2-3-4-7-12-26(14-13-25-15-17-28-18-16-25)22(27)11-10-21-23-19-8-5-6-9-20(19)24-21/h5-6,8-9H,2-4,7,10-18H2,1H3,(H,23,24). The number of H-pyrrole nitrogens is 1. The molecule has 1 fully saturated rings. The van der Waals surface area contributed by atoms with Crippen molar-refractivity contribution in [3.05, 3.63) is 30.1 Å². The van der Waals surface area contributed by atoms with Crippen LogP contribution in [0.25, 0.3) is 11.0 Å². The van der Waals surface area contributed by atoms with E-state index >= 15 is 0 Å². The minimum absolute atomic E-state index is 0.241. The highest BCUT2D eigenvalue weighted by Crippen LogP contribution is 2.12. The number of nitrogens with one attached hydrogen (secondary N) is 1. The molecule has 1 aliphatic rings. The maximum absolute atomic E-state index is 12.9. The van der Waals surface area contributed by atoms with Gasteiger partial charge in [-0.25, -0.2) is 4.98 Å². The maximum Gasteiger partial charge on any atom is 0.223 e. The Balaban J connectivity index is 1.51. The van der Waals surface area contributed by atoms with Gasteiger partial charge in [0.15, 0.2) is 0 Å². The molecule has 0 spiro atoms. The minimum atomic E-state index is 0.241. The van der Waals surface area contributed by atoms with E-state index in [1.54, 1.807) is 0 Å². The van der Waals surface area contributed by atoms with Gasteiger partial charge in [-0.15, -0.1) is 0 Å². The van der Waals surface area contributed by atoms with Crippen LogP contribution in [0.4, 0.5) is 0 Å². The Bertz CT molecular complexity index is 691. The number of aromatic nitrogens is 2. The molecule has 1 amide bonds. The van der Waals surface area contributed by atoms with Crippen LogP contribution >= 0.6 is 0 Å². The second kappa shape index (κ2) is 11.2. The van der Waals surface area contributed by atoms with Crippen LogP contribution < -0.4 is 0 Å². The quantitative estimate of drug-likeness (QED) is 0.602. The van der Waals surface area contributed by atoms with Crippen LogP contribution in [0.5, 0.6) is 0 Å². The highest BCUT2D eigenvalue weighted by Gasteiger charge is 2.17. The van der Waals surface area contributed by atoms with Crippen molar-refractivity contribution >= 4 is 16.9 Å². The number of imidazole rings is 1. The van der Waals surface area contributed by atoms with Crippen LogP contribution in [-0.2, 0) is 16.0 Å². The molecule has 1 aromatic carbocycles. The van der Waals surface area contributed by atoms with Gasteiger partial charge in [-0.3, -0.25) is 9.69 Å². The second-order valence-electron chi connectivity index (χ2n) is 7.60. The third kappa shape index (κ3) is 6.31. The van der Waals surface area contributed by atoms with Gasteiger partial charge < -0.3 is 14.6 Å². The summed E-state index contributed by atoms with van der Waals surface area (Å²) in [4.78, 5) is 25.3. The van der Waals surface area contributed by atoms with Crippen molar-refractivity contribution in [2.45, 2.75) is 45.4 Å². The number of rotatable bonds is 11. The largest absolute Gasteiger partial charge is 0.379 e. The lowest BCUT2D eigenvalue weighted by Gasteiger charge is -2.30. The number of morpholine rings is 1. The zero-order valence-electron chi connectivity index (χ0n) is 17.2. The van der Waals surface area contributed by atoms with Gasteiger partial charge in [-0.2, -0.15) is 0 Å². The van der Waals surface area contributed by atoms with Crippen LogP contribution in [0.15, 0.2) is 24.3 Å². The molecule has 154 valence electrons. The number of hydrogen-bond acceptors (Lipinski definition) is 4. The number of ether oxygens (including phenoxy) is 1. The van der Waals surface area contributed by atoms with Crippen LogP contribution in [0, 0.1) is 0 Å². The highest BCUT2D eigenvalue weighted by atomic mass is 16.5. The number of unbranched alkanes of at least 4 members (excludes halogenated alkanes) is 3. The van der Waals surface area contributed by atoms with Crippen molar-refractivity contribution in [2.75, 3.05) is 45.9 Å². The number of carbonyl (C=O) groups excluding carboxylic acids is 1. The van der Waals surface area contributed by atoms with Crippen molar-refractivity contribution in [3.63, 3.8) is 0 Å². The number of fused-ring (bicyclic) bond motifs is 1. The summed E-state index contributed by atoms with van der Waals surface area (Å²) in [6, 6.07) is 8.01. The Hall–Kier alpha value is -1.92. The van der Waals surface area contributed by atoms with E-state index in [4.69, 9.17) is 4.74 Å². The van der Waals surface area contributed by atoms with Gasteiger partial charge >= 0.3 is 0 Å². The van der Waals surface area contributed by atoms with Crippen molar-refractivity contribution in [2.24, 2.45) is 0 Å². The van der Waals surface area contributed by atoms with Crippen molar-refractivity contribution in [1.29, 1.82) is 0 Å². The van der Waals surface area contributed by atoms with Gasteiger partial charge in [-0.1, -0.05) is 38.3 Å². The number of para-hydroxylation sites is 2. The molecule has 1 aromatic heterocycles. The second-order valence-corrected chi connectivity index (χ2v) is 7.60. The van der Waals surface area contributed by atoms with Gasteiger partial charge in [0.1, 0.15) is 5.82 Å². The number of benzene rings is 1. The minimum Gasteiger partial charge on any atom is -0.379 e.